The van der Waals surface area contributed by atoms with Crippen molar-refractivity contribution in [3.05, 3.63) is 62.4 Å². The highest BCUT2D eigenvalue weighted by molar-refractivity contribution is 9.10. The maximum atomic E-state index is 13.6. The van der Waals surface area contributed by atoms with Gasteiger partial charge in [-0.05, 0) is 24.3 Å². The highest BCUT2D eigenvalue weighted by Gasteiger charge is 2.18. The Balaban J connectivity index is 2.45. The van der Waals surface area contributed by atoms with Gasteiger partial charge in [0.2, 0.25) is 5.75 Å². The summed E-state index contributed by atoms with van der Waals surface area (Å²) in [5.41, 5.74) is 5.42. The number of ether oxygens (including phenoxy) is 1. The van der Waals surface area contributed by atoms with Crippen molar-refractivity contribution >= 4 is 21.6 Å². The average molecular weight is 341 g/mol. The van der Waals surface area contributed by atoms with Crippen LogP contribution < -0.4 is 10.5 Å². The number of hydrogen-bond donors (Lipinski definition) is 1. The molecule has 0 aromatic heterocycles. The van der Waals surface area contributed by atoms with E-state index in [1.165, 1.54) is 30.3 Å². The minimum absolute atomic E-state index is 0.0264. The maximum absolute atomic E-state index is 13.6. The lowest BCUT2D eigenvalue weighted by Gasteiger charge is -2.11. The lowest BCUT2D eigenvalue weighted by Crippen LogP contribution is -2.03. The summed E-state index contributed by atoms with van der Waals surface area (Å²) >= 11 is 3.15. The largest absolute Gasteiger partial charge is 0.450 e. The number of hydrogen-bond acceptors (Lipinski definition) is 4. The van der Waals surface area contributed by atoms with E-state index in [1.54, 1.807) is 6.07 Å². The van der Waals surface area contributed by atoms with Crippen molar-refractivity contribution in [2.45, 2.75) is 6.54 Å². The third kappa shape index (κ3) is 2.94. The van der Waals surface area contributed by atoms with Crippen molar-refractivity contribution in [3.8, 4) is 11.5 Å². The number of nitrogens with zero attached hydrogens (tertiary/aromatic N) is 1. The van der Waals surface area contributed by atoms with Gasteiger partial charge in [0.05, 0.1) is 4.92 Å². The van der Waals surface area contributed by atoms with Crippen LogP contribution in [0.1, 0.15) is 5.56 Å². The molecule has 0 aliphatic carbocycles. The van der Waals surface area contributed by atoms with Gasteiger partial charge in [-0.2, -0.15) is 0 Å². The first-order valence-electron chi connectivity index (χ1n) is 5.62. The maximum Gasteiger partial charge on any atom is 0.312 e. The highest BCUT2D eigenvalue weighted by Crippen LogP contribution is 2.35. The normalized spacial score (nSPS) is 10.3. The van der Waals surface area contributed by atoms with Crippen molar-refractivity contribution in [2.24, 2.45) is 5.73 Å². The SMILES string of the molecule is NCc1c(F)cccc1Oc1ccc(Br)cc1[N+](=O)[O-]. The lowest BCUT2D eigenvalue weighted by molar-refractivity contribution is -0.385. The molecular formula is C13H10BrFN2O3. The third-order valence-corrected chi connectivity index (χ3v) is 3.11. The second-order valence-electron chi connectivity index (χ2n) is 3.89. The Morgan fingerprint density at radius 2 is 2.05 bits per heavy atom. The van der Waals surface area contributed by atoms with E-state index in [9.17, 15) is 14.5 Å². The molecule has 2 aromatic rings. The minimum Gasteiger partial charge on any atom is -0.450 e. The monoisotopic (exact) mass is 340 g/mol. The molecule has 0 saturated carbocycles. The van der Waals surface area contributed by atoms with Crippen molar-refractivity contribution in [1.29, 1.82) is 0 Å². The molecule has 0 fully saturated rings. The highest BCUT2D eigenvalue weighted by atomic mass is 79.9. The van der Waals surface area contributed by atoms with E-state index in [2.05, 4.69) is 15.9 Å². The van der Waals surface area contributed by atoms with Crippen LogP contribution in [0.3, 0.4) is 0 Å². The summed E-state index contributed by atoms with van der Waals surface area (Å²) in [6.07, 6.45) is 0. The molecule has 2 N–H and O–H groups in total. The van der Waals surface area contributed by atoms with Crippen LogP contribution in [0.2, 0.25) is 0 Å². The molecule has 0 amide bonds. The van der Waals surface area contributed by atoms with E-state index in [-0.39, 0.29) is 29.3 Å². The van der Waals surface area contributed by atoms with Crippen LogP contribution in [0, 0.1) is 15.9 Å². The van der Waals surface area contributed by atoms with Crippen molar-refractivity contribution < 1.29 is 14.1 Å². The zero-order chi connectivity index (χ0) is 14.7. The number of nitro groups is 1. The third-order valence-electron chi connectivity index (χ3n) is 2.62. The number of rotatable bonds is 4. The van der Waals surface area contributed by atoms with Gasteiger partial charge < -0.3 is 10.5 Å². The Morgan fingerprint density at radius 3 is 2.70 bits per heavy atom. The van der Waals surface area contributed by atoms with E-state index in [1.807, 2.05) is 0 Å². The van der Waals surface area contributed by atoms with E-state index in [4.69, 9.17) is 10.5 Å². The summed E-state index contributed by atoms with van der Waals surface area (Å²) in [5, 5.41) is 11.0. The second-order valence-corrected chi connectivity index (χ2v) is 4.81. The average Bonchev–Trinajstić information content (AvgIpc) is 2.41. The van der Waals surface area contributed by atoms with Gasteiger partial charge in [-0.25, -0.2) is 4.39 Å². The van der Waals surface area contributed by atoms with Gasteiger partial charge in [-0.15, -0.1) is 0 Å². The Kier molecular flexibility index (Phi) is 4.31. The van der Waals surface area contributed by atoms with Crippen molar-refractivity contribution in [1.82, 2.24) is 0 Å². The van der Waals surface area contributed by atoms with Crippen LogP contribution in [-0.4, -0.2) is 4.92 Å². The van der Waals surface area contributed by atoms with Crippen LogP contribution in [0.5, 0.6) is 11.5 Å². The van der Waals surface area contributed by atoms with E-state index < -0.39 is 10.7 Å². The molecule has 0 spiro atoms. The first-order chi connectivity index (χ1) is 9.52. The standard InChI is InChI=1S/C13H10BrFN2O3/c14-8-4-5-13(11(6-8)17(18)19)20-12-3-1-2-10(15)9(12)7-16/h1-6H,7,16H2. The van der Waals surface area contributed by atoms with E-state index in [0.29, 0.717) is 4.47 Å². The Hall–Kier alpha value is -1.99. The molecule has 104 valence electrons. The first-order valence-corrected chi connectivity index (χ1v) is 6.41. The van der Waals surface area contributed by atoms with Gasteiger partial charge in [0.15, 0.2) is 0 Å². The zero-order valence-corrected chi connectivity index (χ0v) is 11.8. The zero-order valence-electron chi connectivity index (χ0n) is 10.2. The molecule has 0 unspecified atom stereocenters. The molecule has 0 bridgehead atoms. The predicted octanol–water partition coefficient (Wildman–Crippen LogP) is 3.75. The molecule has 5 nitrogen and oxygen atoms in total. The van der Waals surface area contributed by atoms with Gasteiger partial charge in [0.1, 0.15) is 11.6 Å². The first kappa shape index (κ1) is 14.4. The Morgan fingerprint density at radius 1 is 1.30 bits per heavy atom. The summed E-state index contributed by atoms with van der Waals surface area (Å²) in [4.78, 5) is 10.4. The summed E-state index contributed by atoms with van der Waals surface area (Å²) in [5.74, 6) is -0.318. The van der Waals surface area contributed by atoms with Crippen LogP contribution in [0.4, 0.5) is 10.1 Å². The fraction of sp³-hybridized carbons (Fsp3) is 0.0769. The quantitative estimate of drug-likeness (QED) is 0.679. The predicted molar refractivity (Wildman–Crippen MR) is 75.2 cm³/mol. The van der Waals surface area contributed by atoms with Gasteiger partial charge in [0, 0.05) is 22.6 Å². The Bertz CT molecular complexity index is 664. The molecule has 0 aliphatic heterocycles. The van der Waals surface area contributed by atoms with Gasteiger partial charge in [0.25, 0.3) is 0 Å². The van der Waals surface area contributed by atoms with Crippen LogP contribution in [0.15, 0.2) is 40.9 Å². The summed E-state index contributed by atoms with van der Waals surface area (Å²) in [6, 6.07) is 8.57. The van der Waals surface area contributed by atoms with Gasteiger partial charge in [-0.1, -0.05) is 22.0 Å². The molecule has 20 heavy (non-hydrogen) atoms. The van der Waals surface area contributed by atoms with Crippen LogP contribution >= 0.6 is 15.9 Å². The van der Waals surface area contributed by atoms with E-state index >= 15 is 0 Å². The fourth-order valence-electron chi connectivity index (χ4n) is 1.67. The fourth-order valence-corrected chi connectivity index (χ4v) is 2.02. The number of benzene rings is 2. The molecule has 0 aliphatic rings. The molecule has 0 heterocycles. The van der Waals surface area contributed by atoms with Crippen LogP contribution in [-0.2, 0) is 6.54 Å². The Labute approximate surface area is 122 Å². The van der Waals surface area contributed by atoms with Crippen molar-refractivity contribution in [2.75, 3.05) is 0 Å². The smallest absolute Gasteiger partial charge is 0.312 e. The molecule has 7 heteroatoms. The summed E-state index contributed by atoms with van der Waals surface area (Å²) in [6.45, 7) is -0.0632. The van der Waals surface area contributed by atoms with Gasteiger partial charge >= 0.3 is 5.69 Å². The molecule has 2 aromatic carbocycles. The molecule has 0 atom stereocenters. The summed E-state index contributed by atoms with van der Waals surface area (Å²) < 4.78 is 19.6. The number of nitro benzene ring substituents is 1. The molecule has 0 radical (unpaired) electrons. The van der Waals surface area contributed by atoms with E-state index in [0.717, 1.165) is 0 Å². The minimum atomic E-state index is -0.568. The summed E-state index contributed by atoms with van der Waals surface area (Å²) in [7, 11) is 0. The number of nitrogens with two attached hydrogens (primary N) is 1. The molecule has 0 saturated heterocycles. The second kappa shape index (κ2) is 5.98. The van der Waals surface area contributed by atoms with Crippen molar-refractivity contribution in [3.63, 3.8) is 0 Å². The van der Waals surface area contributed by atoms with Gasteiger partial charge in [-0.3, -0.25) is 10.1 Å². The molecule has 2 rings (SSSR count). The lowest BCUT2D eigenvalue weighted by atomic mass is 10.2. The van der Waals surface area contributed by atoms with Crippen LogP contribution in [0.25, 0.3) is 0 Å². The molecular weight excluding hydrogens is 331 g/mol. The topological polar surface area (TPSA) is 78.4 Å². The number of halogens is 2.